The Morgan fingerprint density at radius 3 is 2.67 bits per heavy atom. The lowest BCUT2D eigenvalue weighted by atomic mass is 10.1. The van der Waals surface area contributed by atoms with Crippen molar-refractivity contribution in [1.82, 2.24) is 14.9 Å². The fourth-order valence-corrected chi connectivity index (χ4v) is 2.18. The van der Waals surface area contributed by atoms with Crippen LogP contribution in [0.15, 0.2) is 36.8 Å². The van der Waals surface area contributed by atoms with Crippen molar-refractivity contribution in [3.8, 4) is 0 Å². The van der Waals surface area contributed by atoms with E-state index in [0.717, 1.165) is 0 Å². The van der Waals surface area contributed by atoms with Gasteiger partial charge in [-0.3, -0.25) is 19.6 Å². The second-order valence-electron chi connectivity index (χ2n) is 5.70. The predicted octanol–water partition coefficient (Wildman–Crippen LogP) is 3.00. The molecule has 24 heavy (non-hydrogen) atoms. The maximum atomic E-state index is 12.6. The molecule has 0 radical (unpaired) electrons. The first kappa shape index (κ1) is 17.9. The van der Waals surface area contributed by atoms with E-state index in [9.17, 15) is 9.59 Å². The van der Waals surface area contributed by atoms with E-state index in [2.05, 4.69) is 15.3 Å². The molecule has 6 nitrogen and oxygen atoms in total. The van der Waals surface area contributed by atoms with Gasteiger partial charge in [-0.25, -0.2) is 0 Å². The minimum atomic E-state index is -0.258. The van der Waals surface area contributed by atoms with Crippen LogP contribution in [0.25, 0.3) is 0 Å². The quantitative estimate of drug-likeness (QED) is 0.903. The number of carbonyl (C=O) groups excluding carboxylic acids is 2. The Hall–Kier alpha value is -2.47. The standard InChI is InChI=1S/C17H19ClN4O2/c1-11(2)16(23)21-12-4-5-15(18)14(8-12)17(24)22(3)10-13-9-19-6-7-20-13/h4-9,11H,10H2,1-3H3,(H,21,23). The van der Waals surface area contributed by atoms with Crippen molar-refractivity contribution >= 4 is 29.1 Å². The van der Waals surface area contributed by atoms with E-state index in [1.165, 1.54) is 4.90 Å². The summed E-state index contributed by atoms with van der Waals surface area (Å²) >= 11 is 6.15. The Labute approximate surface area is 145 Å². The van der Waals surface area contributed by atoms with Crippen molar-refractivity contribution in [3.63, 3.8) is 0 Å². The van der Waals surface area contributed by atoms with Crippen LogP contribution in [0.2, 0.25) is 5.02 Å². The van der Waals surface area contributed by atoms with Gasteiger partial charge in [0.1, 0.15) is 0 Å². The van der Waals surface area contributed by atoms with Gasteiger partial charge in [-0.2, -0.15) is 0 Å². The van der Waals surface area contributed by atoms with Crippen molar-refractivity contribution < 1.29 is 9.59 Å². The van der Waals surface area contributed by atoms with Gasteiger partial charge >= 0.3 is 0 Å². The van der Waals surface area contributed by atoms with Crippen LogP contribution in [0.3, 0.4) is 0 Å². The first-order valence-corrected chi connectivity index (χ1v) is 7.87. The molecular weight excluding hydrogens is 328 g/mol. The molecule has 1 heterocycles. The highest BCUT2D eigenvalue weighted by molar-refractivity contribution is 6.34. The number of nitrogens with zero attached hydrogens (tertiary/aromatic N) is 3. The number of halogens is 1. The maximum absolute atomic E-state index is 12.6. The summed E-state index contributed by atoms with van der Waals surface area (Å²) < 4.78 is 0. The van der Waals surface area contributed by atoms with Crippen molar-refractivity contribution in [2.45, 2.75) is 20.4 Å². The Morgan fingerprint density at radius 1 is 1.29 bits per heavy atom. The van der Waals surface area contributed by atoms with E-state index in [4.69, 9.17) is 11.6 Å². The lowest BCUT2D eigenvalue weighted by Crippen LogP contribution is -2.27. The summed E-state index contributed by atoms with van der Waals surface area (Å²) in [6.45, 7) is 3.91. The number of benzene rings is 1. The third kappa shape index (κ3) is 4.52. The van der Waals surface area contributed by atoms with Crippen LogP contribution in [-0.2, 0) is 11.3 Å². The third-order valence-corrected chi connectivity index (χ3v) is 3.68. The van der Waals surface area contributed by atoms with Crippen molar-refractivity contribution in [2.24, 2.45) is 5.92 Å². The summed E-state index contributed by atoms with van der Waals surface area (Å²) in [4.78, 5) is 34.0. The molecular formula is C17H19ClN4O2. The molecule has 126 valence electrons. The highest BCUT2D eigenvalue weighted by atomic mass is 35.5. The largest absolute Gasteiger partial charge is 0.336 e. The second-order valence-corrected chi connectivity index (χ2v) is 6.10. The van der Waals surface area contributed by atoms with Crippen molar-refractivity contribution in [2.75, 3.05) is 12.4 Å². The number of hydrogen-bond donors (Lipinski definition) is 1. The molecule has 2 aromatic rings. The molecule has 1 N–H and O–H groups in total. The minimum Gasteiger partial charge on any atom is -0.336 e. The van der Waals surface area contributed by atoms with Gasteiger partial charge in [-0.05, 0) is 18.2 Å². The summed E-state index contributed by atoms with van der Waals surface area (Å²) in [6.07, 6.45) is 4.75. The van der Waals surface area contributed by atoms with Crippen LogP contribution < -0.4 is 5.32 Å². The topological polar surface area (TPSA) is 75.2 Å². The van der Waals surface area contributed by atoms with Gasteiger partial charge < -0.3 is 10.2 Å². The molecule has 2 amide bonds. The smallest absolute Gasteiger partial charge is 0.255 e. The number of aromatic nitrogens is 2. The van der Waals surface area contributed by atoms with E-state index in [0.29, 0.717) is 28.5 Å². The van der Waals surface area contributed by atoms with Crippen LogP contribution >= 0.6 is 11.6 Å². The Kier molecular flexibility index (Phi) is 5.87. The minimum absolute atomic E-state index is 0.122. The van der Waals surface area contributed by atoms with Gasteiger partial charge in [0.15, 0.2) is 0 Å². The SMILES string of the molecule is CC(C)C(=O)Nc1ccc(Cl)c(C(=O)N(C)Cc2cnccn2)c1. The maximum Gasteiger partial charge on any atom is 0.255 e. The van der Waals surface area contributed by atoms with Crippen LogP contribution in [0.5, 0.6) is 0 Å². The number of carbonyl (C=O) groups is 2. The molecule has 0 fully saturated rings. The molecule has 0 saturated carbocycles. The Morgan fingerprint density at radius 2 is 2.04 bits per heavy atom. The van der Waals surface area contributed by atoms with Gasteiger partial charge in [0.05, 0.1) is 29.0 Å². The average Bonchev–Trinajstić information content (AvgIpc) is 2.56. The molecule has 2 rings (SSSR count). The van der Waals surface area contributed by atoms with E-state index in [1.54, 1.807) is 57.7 Å². The summed E-state index contributed by atoms with van der Waals surface area (Å²) in [5, 5.41) is 3.09. The monoisotopic (exact) mass is 346 g/mol. The zero-order valence-corrected chi connectivity index (χ0v) is 14.5. The van der Waals surface area contributed by atoms with Gasteiger partial charge in [0.2, 0.25) is 5.91 Å². The molecule has 0 saturated heterocycles. The fraction of sp³-hybridized carbons (Fsp3) is 0.294. The summed E-state index contributed by atoms with van der Waals surface area (Å²) in [6, 6.07) is 4.85. The van der Waals surface area contributed by atoms with Crippen molar-refractivity contribution in [3.05, 3.63) is 53.1 Å². The number of anilines is 1. The Balaban J connectivity index is 2.17. The highest BCUT2D eigenvalue weighted by Gasteiger charge is 2.17. The summed E-state index contributed by atoms with van der Waals surface area (Å²) in [7, 11) is 1.66. The van der Waals surface area contributed by atoms with Crippen molar-refractivity contribution in [1.29, 1.82) is 0 Å². The molecule has 0 bridgehead atoms. The molecule has 0 aliphatic heterocycles. The lowest BCUT2D eigenvalue weighted by molar-refractivity contribution is -0.118. The first-order valence-electron chi connectivity index (χ1n) is 7.49. The van der Waals surface area contributed by atoms with E-state index >= 15 is 0 Å². The van der Waals surface area contributed by atoms with Crippen LogP contribution in [0.4, 0.5) is 5.69 Å². The number of nitrogens with one attached hydrogen (secondary N) is 1. The van der Waals surface area contributed by atoms with E-state index in [1.807, 2.05) is 0 Å². The molecule has 1 aromatic heterocycles. The molecule has 0 aliphatic rings. The van der Waals surface area contributed by atoms with Gasteiger partial charge in [-0.15, -0.1) is 0 Å². The summed E-state index contributed by atoms with van der Waals surface area (Å²) in [5.74, 6) is -0.533. The average molecular weight is 347 g/mol. The fourth-order valence-electron chi connectivity index (χ4n) is 1.99. The Bertz CT molecular complexity index is 735. The lowest BCUT2D eigenvalue weighted by Gasteiger charge is -2.18. The van der Waals surface area contributed by atoms with Crippen LogP contribution in [-0.4, -0.2) is 33.7 Å². The summed E-state index contributed by atoms with van der Waals surface area (Å²) in [5.41, 5.74) is 1.53. The number of amides is 2. The van der Waals surface area contributed by atoms with Crippen LogP contribution in [0.1, 0.15) is 29.9 Å². The molecule has 0 spiro atoms. The van der Waals surface area contributed by atoms with E-state index in [-0.39, 0.29) is 17.7 Å². The van der Waals surface area contributed by atoms with E-state index < -0.39 is 0 Å². The van der Waals surface area contributed by atoms with Gasteiger partial charge in [0.25, 0.3) is 5.91 Å². The molecule has 0 atom stereocenters. The zero-order chi connectivity index (χ0) is 17.7. The number of hydrogen-bond acceptors (Lipinski definition) is 4. The first-order chi connectivity index (χ1) is 11.4. The van der Waals surface area contributed by atoms with Gasteiger partial charge in [0, 0.05) is 31.0 Å². The van der Waals surface area contributed by atoms with Crippen LogP contribution in [0, 0.1) is 5.92 Å². The van der Waals surface area contributed by atoms with Gasteiger partial charge in [-0.1, -0.05) is 25.4 Å². The molecule has 7 heteroatoms. The zero-order valence-electron chi connectivity index (χ0n) is 13.8. The highest BCUT2D eigenvalue weighted by Crippen LogP contribution is 2.22. The second kappa shape index (κ2) is 7.88. The molecule has 1 aromatic carbocycles. The molecule has 0 unspecified atom stereocenters. The third-order valence-electron chi connectivity index (χ3n) is 3.35. The predicted molar refractivity (Wildman–Crippen MR) is 92.7 cm³/mol. The normalized spacial score (nSPS) is 10.5. The molecule has 0 aliphatic carbocycles. The number of rotatable bonds is 5.